The first kappa shape index (κ1) is 34.5. The summed E-state index contributed by atoms with van der Waals surface area (Å²) in [6.07, 6.45) is 7.62. The number of hydrogen-bond donors (Lipinski definition) is 1. The molecule has 1 aliphatic carbocycles. The minimum atomic E-state index is -2.14. The van der Waals surface area contributed by atoms with E-state index in [2.05, 4.69) is 56.3 Å². The zero-order chi connectivity index (χ0) is 32.6. The van der Waals surface area contributed by atoms with Crippen molar-refractivity contribution in [3.63, 3.8) is 0 Å². The summed E-state index contributed by atoms with van der Waals surface area (Å²) in [5.41, 5.74) is -0.522. The van der Waals surface area contributed by atoms with E-state index in [4.69, 9.17) is 14.2 Å². The molecule has 1 unspecified atom stereocenters. The molecule has 1 fully saturated rings. The van der Waals surface area contributed by atoms with Crippen LogP contribution < -0.4 is 10.2 Å². The maximum absolute atomic E-state index is 13.1. The van der Waals surface area contributed by atoms with E-state index in [1.165, 1.54) is 11.3 Å². The predicted octanol–water partition coefficient (Wildman–Crippen LogP) is 6.93. The van der Waals surface area contributed by atoms with Crippen LogP contribution in [0.15, 0.2) is 30.0 Å². The lowest BCUT2D eigenvalue weighted by Crippen LogP contribution is -2.55. The minimum Gasteiger partial charge on any atom is -0.464 e. The second-order valence-electron chi connectivity index (χ2n) is 14.9. The van der Waals surface area contributed by atoms with E-state index in [1.54, 1.807) is 47.7 Å². The SMILES string of the molecule is CC(C)(C)OC(=O)N(C(=O)OC(C)(C)C)c1ncc(CC2=CC=CC(COC(=O)[C@@H]3CC(=O)N3)([Si](C)(C)C(C)(C)C)C2)s1. The number of carbonyl (C=O) groups excluding carboxylic acids is 4. The van der Waals surface area contributed by atoms with Gasteiger partial charge >= 0.3 is 18.2 Å². The molecule has 1 N–H and O–H groups in total. The number of β-lactam (4-membered cyclic amide) rings is 1. The Balaban J connectivity index is 1.85. The largest absolute Gasteiger partial charge is 0.464 e. The molecule has 2 aliphatic rings. The molecule has 1 aromatic rings. The fourth-order valence-corrected chi connectivity index (χ4v) is 8.87. The Morgan fingerprint density at radius 3 is 2.09 bits per heavy atom. The molecule has 1 aliphatic heterocycles. The molecule has 2 heterocycles. The molecule has 3 rings (SSSR count). The zero-order valence-electron chi connectivity index (χ0n) is 27.4. The third kappa shape index (κ3) is 8.35. The van der Waals surface area contributed by atoms with Gasteiger partial charge in [0.1, 0.15) is 17.2 Å². The molecule has 0 radical (unpaired) electrons. The highest BCUT2D eigenvalue weighted by Gasteiger charge is 2.53. The van der Waals surface area contributed by atoms with Gasteiger partial charge in [-0.1, -0.05) is 57.7 Å². The highest BCUT2D eigenvalue weighted by atomic mass is 32.1. The van der Waals surface area contributed by atoms with E-state index >= 15 is 0 Å². The Morgan fingerprint density at radius 1 is 1.05 bits per heavy atom. The van der Waals surface area contributed by atoms with Crippen LogP contribution in [0, 0.1) is 0 Å². The first-order chi connectivity index (χ1) is 19.5. The highest BCUT2D eigenvalue weighted by molar-refractivity contribution is 7.16. The lowest BCUT2D eigenvalue weighted by atomic mass is 9.91. The Bertz CT molecular complexity index is 1280. The summed E-state index contributed by atoms with van der Waals surface area (Å²) in [5.74, 6) is -0.552. The molecule has 43 heavy (non-hydrogen) atoms. The number of nitrogens with one attached hydrogen (secondary N) is 1. The summed E-state index contributed by atoms with van der Waals surface area (Å²) in [6.45, 7) is 21.9. The molecule has 3 amide bonds. The van der Waals surface area contributed by atoms with Gasteiger partial charge < -0.3 is 19.5 Å². The fraction of sp³-hybridized carbons (Fsp3) is 0.645. The van der Waals surface area contributed by atoms with Gasteiger partial charge in [-0.3, -0.25) is 4.79 Å². The summed E-state index contributed by atoms with van der Waals surface area (Å²) in [4.78, 5) is 56.3. The Hall–Kier alpha value is -2.99. The Morgan fingerprint density at radius 2 is 1.60 bits per heavy atom. The zero-order valence-corrected chi connectivity index (χ0v) is 29.2. The lowest BCUT2D eigenvalue weighted by Gasteiger charge is -2.52. The van der Waals surface area contributed by atoms with Gasteiger partial charge in [0, 0.05) is 22.5 Å². The van der Waals surface area contributed by atoms with Crippen molar-refractivity contribution in [2.24, 2.45) is 0 Å². The molecular formula is C31H47N3O7SSi. The molecule has 0 spiro atoms. The standard InChI is InChI=1S/C31H47N3O7SSi/c1-28(2,3)40-26(37)34(27(38)41-29(4,5)6)25-32-18-21(42-25)15-20-13-12-14-31(17-20,43(10,11)30(7,8)9)19-39-24(36)22-16-23(35)33-22/h12-14,18,22H,15-17,19H2,1-11H3,(H,33,35)/t22-,31?/m0/s1. The van der Waals surface area contributed by atoms with E-state index in [1.807, 2.05) is 6.08 Å². The van der Waals surface area contributed by atoms with Gasteiger partial charge in [-0.15, -0.1) is 11.3 Å². The van der Waals surface area contributed by atoms with Crippen molar-refractivity contribution in [3.8, 4) is 0 Å². The molecule has 12 heteroatoms. The molecule has 1 saturated heterocycles. The van der Waals surface area contributed by atoms with Crippen LogP contribution in [-0.2, 0) is 30.2 Å². The van der Waals surface area contributed by atoms with Gasteiger partial charge in [-0.2, -0.15) is 4.90 Å². The third-order valence-corrected chi connectivity index (χ3v) is 15.9. The van der Waals surface area contributed by atoms with Crippen molar-refractivity contribution in [2.75, 3.05) is 11.5 Å². The molecule has 238 valence electrons. The van der Waals surface area contributed by atoms with Gasteiger partial charge in [0.15, 0.2) is 0 Å². The number of rotatable bonds is 7. The van der Waals surface area contributed by atoms with Crippen LogP contribution in [0.4, 0.5) is 14.7 Å². The van der Waals surface area contributed by atoms with E-state index < -0.39 is 43.5 Å². The summed E-state index contributed by atoms with van der Waals surface area (Å²) in [6, 6.07) is -0.583. The molecular weight excluding hydrogens is 587 g/mol. The number of hydrogen-bond acceptors (Lipinski definition) is 9. The Kier molecular flexibility index (Phi) is 9.77. The van der Waals surface area contributed by atoms with Gasteiger partial charge in [-0.05, 0) is 53.0 Å². The average molecular weight is 634 g/mol. The van der Waals surface area contributed by atoms with E-state index in [0.29, 0.717) is 12.8 Å². The van der Waals surface area contributed by atoms with Crippen molar-refractivity contribution in [2.45, 2.75) is 122 Å². The monoisotopic (exact) mass is 633 g/mol. The number of amides is 3. The first-order valence-electron chi connectivity index (χ1n) is 14.6. The number of carbonyl (C=O) groups is 4. The summed E-state index contributed by atoms with van der Waals surface area (Å²) >= 11 is 1.22. The molecule has 0 saturated carbocycles. The van der Waals surface area contributed by atoms with Crippen molar-refractivity contribution >= 4 is 48.6 Å². The Labute approximate surface area is 260 Å². The summed E-state index contributed by atoms with van der Waals surface area (Å²) in [5, 5.41) is 2.37. The fourth-order valence-electron chi connectivity index (χ4n) is 4.82. The van der Waals surface area contributed by atoms with Gasteiger partial charge in [0.25, 0.3) is 0 Å². The van der Waals surface area contributed by atoms with Gasteiger partial charge in [0.2, 0.25) is 11.0 Å². The maximum Gasteiger partial charge on any atom is 0.426 e. The number of imide groups is 1. The second kappa shape index (κ2) is 12.2. The van der Waals surface area contributed by atoms with E-state index in [-0.39, 0.29) is 34.1 Å². The van der Waals surface area contributed by atoms with Crippen molar-refractivity contribution in [3.05, 3.63) is 34.9 Å². The number of ether oxygens (including phenoxy) is 3. The predicted molar refractivity (Wildman–Crippen MR) is 170 cm³/mol. The lowest BCUT2D eigenvalue weighted by molar-refractivity contribution is -0.153. The van der Waals surface area contributed by atoms with Crippen LogP contribution in [0.2, 0.25) is 23.2 Å². The van der Waals surface area contributed by atoms with Crippen molar-refractivity contribution < 1.29 is 33.4 Å². The smallest absolute Gasteiger partial charge is 0.426 e. The number of allylic oxidation sites excluding steroid dienone is 3. The van der Waals surface area contributed by atoms with Crippen LogP contribution in [0.25, 0.3) is 0 Å². The molecule has 1 aromatic heterocycles. The maximum atomic E-state index is 13.1. The van der Waals surface area contributed by atoms with Gasteiger partial charge in [0.05, 0.1) is 21.1 Å². The average Bonchev–Trinajstić information content (AvgIpc) is 3.25. The molecule has 2 atom stereocenters. The van der Waals surface area contributed by atoms with Crippen LogP contribution in [0.5, 0.6) is 0 Å². The van der Waals surface area contributed by atoms with Gasteiger partial charge in [-0.25, -0.2) is 19.4 Å². The van der Waals surface area contributed by atoms with E-state index in [0.717, 1.165) is 15.4 Å². The normalized spacial score (nSPS) is 20.9. The number of thiazole rings is 1. The first-order valence-corrected chi connectivity index (χ1v) is 18.4. The van der Waals surface area contributed by atoms with Crippen LogP contribution in [0.1, 0.15) is 80.0 Å². The number of nitrogens with zero attached hydrogens (tertiary/aromatic N) is 2. The number of esters is 1. The van der Waals surface area contributed by atoms with E-state index in [9.17, 15) is 19.2 Å². The van der Waals surface area contributed by atoms with Crippen molar-refractivity contribution in [1.82, 2.24) is 10.3 Å². The van der Waals surface area contributed by atoms with Crippen LogP contribution >= 0.6 is 11.3 Å². The molecule has 10 nitrogen and oxygen atoms in total. The summed E-state index contributed by atoms with van der Waals surface area (Å²) in [7, 11) is -2.14. The quantitative estimate of drug-likeness (QED) is 0.148. The molecule has 0 aromatic carbocycles. The van der Waals surface area contributed by atoms with Crippen LogP contribution in [0.3, 0.4) is 0 Å². The van der Waals surface area contributed by atoms with Crippen molar-refractivity contribution in [1.29, 1.82) is 0 Å². The number of aromatic nitrogens is 1. The summed E-state index contributed by atoms with van der Waals surface area (Å²) < 4.78 is 16.9. The highest BCUT2D eigenvalue weighted by Crippen LogP contribution is 2.57. The second-order valence-corrected chi connectivity index (χ2v) is 21.7. The third-order valence-electron chi connectivity index (χ3n) is 8.18. The van der Waals surface area contributed by atoms with Crippen LogP contribution in [-0.4, -0.2) is 61.0 Å². The molecule has 0 bridgehead atoms. The topological polar surface area (TPSA) is 124 Å². The minimum absolute atomic E-state index is 0.00409. The number of anilines is 1.